The van der Waals surface area contributed by atoms with Crippen LogP contribution in [0, 0.1) is 0 Å². The number of carbonyl (C=O) groups excluding carboxylic acids is 1. The van der Waals surface area contributed by atoms with E-state index in [1.807, 2.05) is 0 Å². The van der Waals surface area contributed by atoms with E-state index in [0.29, 0.717) is 26.4 Å². The van der Waals surface area contributed by atoms with Crippen LogP contribution in [0.2, 0.25) is 0 Å². The Morgan fingerprint density at radius 2 is 1.07 bits per heavy atom. The first-order chi connectivity index (χ1) is 14.2. The molecule has 0 unspecified atom stereocenters. The quantitative estimate of drug-likeness (QED) is 0.161. The van der Waals surface area contributed by atoms with Crippen molar-refractivity contribution in [3.05, 3.63) is 12.2 Å². The highest BCUT2D eigenvalue weighted by Gasteiger charge is 1.98. The predicted molar refractivity (Wildman–Crippen MR) is 112 cm³/mol. The van der Waals surface area contributed by atoms with Gasteiger partial charge in [-0.05, 0) is 6.42 Å². The van der Waals surface area contributed by atoms with Gasteiger partial charge in [-0.1, -0.05) is 64.7 Å². The summed E-state index contributed by atoms with van der Waals surface area (Å²) in [4.78, 5) is 21.3. The van der Waals surface area contributed by atoms with Crippen molar-refractivity contribution in [1.29, 1.82) is 0 Å². The van der Waals surface area contributed by atoms with Crippen molar-refractivity contribution in [3.63, 3.8) is 0 Å². The van der Waals surface area contributed by atoms with E-state index in [4.69, 9.17) is 24.1 Å². The van der Waals surface area contributed by atoms with Crippen LogP contribution in [0.3, 0.4) is 0 Å². The molecule has 0 bridgehead atoms. The fourth-order valence-electron chi connectivity index (χ4n) is 2.62. The third-order valence-electron chi connectivity index (χ3n) is 4.22. The lowest BCUT2D eigenvalue weighted by Crippen LogP contribution is -2.13. The van der Waals surface area contributed by atoms with Crippen LogP contribution in [-0.4, -0.2) is 63.3 Å². The first-order valence-corrected chi connectivity index (χ1v) is 11.0. The smallest absolute Gasteiger partial charge is 0.331 e. The molecule has 0 aromatic carbocycles. The average molecular weight is 417 g/mol. The maximum atomic E-state index is 11.1. The molecule has 0 aliphatic carbocycles. The van der Waals surface area contributed by atoms with Gasteiger partial charge < -0.3 is 24.1 Å². The molecule has 0 spiro atoms. The van der Waals surface area contributed by atoms with Crippen LogP contribution in [0.4, 0.5) is 0 Å². The zero-order chi connectivity index (χ0) is 21.4. The SMILES string of the molecule is CCCCCCCCCCCCOCCOCCOCCOC(=O)/C=C/C(=O)O. The Hall–Kier alpha value is -1.44. The second kappa shape index (κ2) is 22.8. The number of aliphatic carboxylic acids is 1. The van der Waals surface area contributed by atoms with Gasteiger partial charge in [-0.3, -0.25) is 0 Å². The third kappa shape index (κ3) is 24.5. The van der Waals surface area contributed by atoms with Gasteiger partial charge in [0.15, 0.2) is 0 Å². The molecule has 29 heavy (non-hydrogen) atoms. The van der Waals surface area contributed by atoms with Gasteiger partial charge in [0.1, 0.15) is 6.61 Å². The lowest BCUT2D eigenvalue weighted by atomic mass is 10.1. The first-order valence-electron chi connectivity index (χ1n) is 11.0. The Morgan fingerprint density at radius 1 is 0.621 bits per heavy atom. The van der Waals surface area contributed by atoms with E-state index < -0.39 is 11.9 Å². The van der Waals surface area contributed by atoms with Crippen LogP contribution in [-0.2, 0) is 28.5 Å². The topological polar surface area (TPSA) is 91.3 Å². The van der Waals surface area contributed by atoms with Gasteiger partial charge in [0.2, 0.25) is 0 Å². The largest absolute Gasteiger partial charge is 0.478 e. The summed E-state index contributed by atoms with van der Waals surface area (Å²) in [5.41, 5.74) is 0. The summed E-state index contributed by atoms with van der Waals surface area (Å²) in [6.45, 7) is 5.34. The molecule has 170 valence electrons. The van der Waals surface area contributed by atoms with Gasteiger partial charge in [-0.25, -0.2) is 9.59 Å². The van der Waals surface area contributed by atoms with Crippen molar-refractivity contribution in [3.8, 4) is 0 Å². The van der Waals surface area contributed by atoms with Crippen molar-refractivity contribution < 1.29 is 33.6 Å². The molecule has 1 N–H and O–H groups in total. The van der Waals surface area contributed by atoms with Crippen molar-refractivity contribution in [2.24, 2.45) is 0 Å². The van der Waals surface area contributed by atoms with Crippen molar-refractivity contribution in [2.45, 2.75) is 71.1 Å². The molecule has 7 heteroatoms. The van der Waals surface area contributed by atoms with Crippen molar-refractivity contribution >= 4 is 11.9 Å². The maximum Gasteiger partial charge on any atom is 0.331 e. The molecule has 0 radical (unpaired) electrons. The van der Waals surface area contributed by atoms with Crippen molar-refractivity contribution in [1.82, 2.24) is 0 Å². The van der Waals surface area contributed by atoms with Gasteiger partial charge in [0.25, 0.3) is 0 Å². The number of hydrogen-bond acceptors (Lipinski definition) is 6. The van der Waals surface area contributed by atoms with Gasteiger partial charge in [0.05, 0.1) is 33.0 Å². The summed E-state index contributed by atoms with van der Waals surface area (Å²) in [6, 6.07) is 0. The minimum Gasteiger partial charge on any atom is -0.478 e. The van der Waals surface area contributed by atoms with Crippen LogP contribution in [0.25, 0.3) is 0 Å². The summed E-state index contributed by atoms with van der Waals surface area (Å²) in [5.74, 6) is -1.89. The van der Waals surface area contributed by atoms with E-state index in [0.717, 1.165) is 25.2 Å². The van der Waals surface area contributed by atoms with E-state index in [2.05, 4.69) is 6.92 Å². The molecule has 0 rings (SSSR count). The number of ether oxygens (including phenoxy) is 4. The molecule has 0 aliphatic rings. The van der Waals surface area contributed by atoms with E-state index in [1.165, 1.54) is 57.8 Å². The lowest BCUT2D eigenvalue weighted by Gasteiger charge is -2.07. The average Bonchev–Trinajstić information content (AvgIpc) is 2.70. The highest BCUT2D eigenvalue weighted by molar-refractivity contribution is 5.90. The fraction of sp³-hybridized carbons (Fsp3) is 0.818. The fourth-order valence-corrected chi connectivity index (χ4v) is 2.62. The van der Waals surface area contributed by atoms with Crippen LogP contribution in [0.1, 0.15) is 71.1 Å². The van der Waals surface area contributed by atoms with Gasteiger partial charge >= 0.3 is 11.9 Å². The Labute approximate surface area is 175 Å². The molecule has 0 aliphatic heterocycles. The maximum absolute atomic E-state index is 11.1. The Morgan fingerprint density at radius 3 is 1.59 bits per heavy atom. The van der Waals surface area contributed by atoms with Crippen LogP contribution >= 0.6 is 0 Å². The molecule has 0 heterocycles. The third-order valence-corrected chi connectivity index (χ3v) is 4.22. The second-order valence-electron chi connectivity index (χ2n) is 6.86. The zero-order valence-electron chi connectivity index (χ0n) is 18.1. The molecule has 0 aromatic heterocycles. The Bertz CT molecular complexity index is 410. The standard InChI is InChI=1S/C22H40O7/c1-2-3-4-5-6-7-8-9-10-11-14-26-15-16-27-17-18-28-19-20-29-22(25)13-12-21(23)24/h12-13H,2-11,14-20H2,1H3,(H,23,24)/b13-12+. The summed E-state index contributed by atoms with van der Waals surface area (Å²) < 4.78 is 20.9. The van der Waals surface area contributed by atoms with E-state index in [9.17, 15) is 9.59 Å². The summed E-state index contributed by atoms with van der Waals surface area (Å²) in [6.07, 6.45) is 14.8. The van der Waals surface area contributed by atoms with Gasteiger partial charge in [0, 0.05) is 18.8 Å². The molecular weight excluding hydrogens is 376 g/mol. The first kappa shape index (κ1) is 27.6. The number of hydrogen-bond donors (Lipinski definition) is 1. The molecule has 7 nitrogen and oxygen atoms in total. The Kier molecular flexibility index (Phi) is 21.7. The normalized spacial score (nSPS) is 11.2. The van der Waals surface area contributed by atoms with Gasteiger partial charge in [-0.2, -0.15) is 0 Å². The minimum absolute atomic E-state index is 0.0742. The summed E-state index contributed by atoms with van der Waals surface area (Å²) in [5, 5.41) is 8.36. The predicted octanol–water partition coefficient (Wildman–Crippen LogP) is 4.14. The number of esters is 1. The summed E-state index contributed by atoms with van der Waals surface area (Å²) in [7, 11) is 0. The molecule has 0 saturated heterocycles. The molecular formula is C22H40O7. The lowest BCUT2D eigenvalue weighted by molar-refractivity contribution is -0.140. The van der Waals surface area contributed by atoms with E-state index in [1.54, 1.807) is 0 Å². The van der Waals surface area contributed by atoms with Gasteiger partial charge in [-0.15, -0.1) is 0 Å². The monoisotopic (exact) mass is 416 g/mol. The molecule has 0 atom stereocenters. The molecule has 0 saturated carbocycles. The summed E-state index contributed by atoms with van der Waals surface area (Å²) >= 11 is 0. The van der Waals surface area contributed by atoms with Crippen LogP contribution < -0.4 is 0 Å². The highest BCUT2D eigenvalue weighted by atomic mass is 16.6. The highest BCUT2D eigenvalue weighted by Crippen LogP contribution is 2.10. The Balaban J connectivity index is 3.12. The molecule has 0 aromatic rings. The number of carbonyl (C=O) groups is 2. The van der Waals surface area contributed by atoms with E-state index in [-0.39, 0.29) is 13.2 Å². The number of carboxylic acids is 1. The van der Waals surface area contributed by atoms with E-state index >= 15 is 0 Å². The number of carboxylic acid groups (broad SMARTS) is 1. The van der Waals surface area contributed by atoms with Crippen LogP contribution in [0.5, 0.6) is 0 Å². The zero-order valence-corrected chi connectivity index (χ0v) is 18.1. The number of rotatable bonds is 22. The minimum atomic E-state index is -1.19. The number of unbranched alkanes of at least 4 members (excludes halogenated alkanes) is 9. The van der Waals surface area contributed by atoms with Crippen LogP contribution in [0.15, 0.2) is 12.2 Å². The molecule has 0 amide bonds. The molecule has 0 fully saturated rings. The van der Waals surface area contributed by atoms with Crippen molar-refractivity contribution in [2.75, 3.05) is 46.2 Å². The second-order valence-corrected chi connectivity index (χ2v) is 6.86.